The summed E-state index contributed by atoms with van der Waals surface area (Å²) in [6, 6.07) is 0.294. The summed E-state index contributed by atoms with van der Waals surface area (Å²) in [6.45, 7) is 1.95. The molecular formula is C4H10NOP. The monoisotopic (exact) mass is 119 g/mol. The number of hydrogen-bond acceptors (Lipinski definition) is 1. The van der Waals surface area contributed by atoms with Crippen molar-refractivity contribution in [2.75, 3.05) is 6.16 Å². The van der Waals surface area contributed by atoms with Crippen LogP contribution in [0.3, 0.4) is 0 Å². The highest BCUT2D eigenvalue weighted by atomic mass is 31.0. The lowest BCUT2D eigenvalue weighted by Crippen LogP contribution is -2.25. The zero-order valence-corrected chi connectivity index (χ0v) is 5.50. The van der Waals surface area contributed by atoms with Crippen LogP contribution in [0, 0.1) is 0 Å². The SMILES string of the molecule is C[C@H](CP)NC=O. The van der Waals surface area contributed by atoms with E-state index in [-0.39, 0.29) is 0 Å². The first-order valence-electron chi connectivity index (χ1n) is 2.21. The Bertz CT molecular complexity index is 57.7. The van der Waals surface area contributed by atoms with Crippen molar-refractivity contribution in [2.24, 2.45) is 0 Å². The van der Waals surface area contributed by atoms with E-state index >= 15 is 0 Å². The van der Waals surface area contributed by atoms with Crippen molar-refractivity contribution < 1.29 is 4.79 Å². The first kappa shape index (κ1) is 6.90. The lowest BCUT2D eigenvalue weighted by atomic mass is 10.4. The van der Waals surface area contributed by atoms with E-state index in [0.717, 1.165) is 6.16 Å². The number of nitrogens with one attached hydrogen (secondary N) is 1. The van der Waals surface area contributed by atoms with Gasteiger partial charge in [0.1, 0.15) is 0 Å². The minimum absolute atomic E-state index is 0.294. The molecule has 0 aromatic carbocycles. The first-order valence-corrected chi connectivity index (χ1v) is 3.02. The van der Waals surface area contributed by atoms with Crippen molar-refractivity contribution >= 4 is 15.6 Å². The van der Waals surface area contributed by atoms with Crippen molar-refractivity contribution in [3.63, 3.8) is 0 Å². The Morgan fingerprint density at radius 1 is 2.00 bits per heavy atom. The molecule has 0 fully saturated rings. The lowest BCUT2D eigenvalue weighted by molar-refractivity contribution is -0.109. The third-order valence-electron chi connectivity index (χ3n) is 0.706. The summed E-state index contributed by atoms with van der Waals surface area (Å²) in [5.41, 5.74) is 0. The van der Waals surface area contributed by atoms with E-state index in [9.17, 15) is 4.79 Å². The Morgan fingerprint density at radius 3 is 2.71 bits per heavy atom. The fourth-order valence-electron chi connectivity index (χ4n) is 0.184. The van der Waals surface area contributed by atoms with Gasteiger partial charge in [0.15, 0.2) is 0 Å². The number of carbonyl (C=O) groups is 1. The second-order valence-electron chi connectivity index (χ2n) is 1.42. The maximum Gasteiger partial charge on any atom is 0.207 e. The van der Waals surface area contributed by atoms with Gasteiger partial charge in [0.25, 0.3) is 0 Å². The van der Waals surface area contributed by atoms with Gasteiger partial charge in [-0.2, -0.15) is 0 Å². The Balaban J connectivity index is 2.98. The van der Waals surface area contributed by atoms with Gasteiger partial charge in [-0.1, -0.05) is 0 Å². The van der Waals surface area contributed by atoms with Crippen LogP contribution in [-0.2, 0) is 4.79 Å². The summed E-state index contributed by atoms with van der Waals surface area (Å²) in [5.74, 6) is 0. The predicted octanol–water partition coefficient (Wildman–Crippen LogP) is -0.00400. The summed E-state index contributed by atoms with van der Waals surface area (Å²) in [6.07, 6.45) is 1.63. The van der Waals surface area contributed by atoms with E-state index in [0.29, 0.717) is 12.5 Å². The maximum atomic E-state index is 9.65. The smallest absolute Gasteiger partial charge is 0.207 e. The van der Waals surface area contributed by atoms with E-state index < -0.39 is 0 Å². The molecule has 0 spiro atoms. The molecule has 0 aliphatic carbocycles. The van der Waals surface area contributed by atoms with Crippen molar-refractivity contribution in [2.45, 2.75) is 13.0 Å². The van der Waals surface area contributed by atoms with Crippen molar-refractivity contribution in [3.8, 4) is 0 Å². The molecule has 0 aromatic rings. The van der Waals surface area contributed by atoms with Crippen LogP contribution in [-0.4, -0.2) is 18.6 Å². The van der Waals surface area contributed by atoms with E-state index in [1.54, 1.807) is 0 Å². The molecule has 42 valence electrons. The van der Waals surface area contributed by atoms with Crippen LogP contribution in [0.15, 0.2) is 0 Å². The largest absolute Gasteiger partial charge is 0.356 e. The molecule has 1 amide bonds. The Hall–Kier alpha value is -0.100. The normalized spacial score (nSPS) is 12.9. The highest BCUT2D eigenvalue weighted by Crippen LogP contribution is 1.85. The zero-order valence-electron chi connectivity index (χ0n) is 4.35. The van der Waals surface area contributed by atoms with Crippen LogP contribution in [0.2, 0.25) is 0 Å². The molecule has 2 atom stereocenters. The maximum absolute atomic E-state index is 9.65. The van der Waals surface area contributed by atoms with Crippen molar-refractivity contribution in [1.29, 1.82) is 0 Å². The molecule has 0 aliphatic heterocycles. The van der Waals surface area contributed by atoms with Crippen LogP contribution in [0.1, 0.15) is 6.92 Å². The molecule has 0 saturated heterocycles. The fraction of sp³-hybridized carbons (Fsp3) is 0.750. The van der Waals surface area contributed by atoms with Gasteiger partial charge in [-0.05, 0) is 13.1 Å². The number of rotatable bonds is 3. The van der Waals surface area contributed by atoms with E-state index in [1.165, 1.54) is 0 Å². The number of hydrogen-bond donors (Lipinski definition) is 1. The molecule has 1 unspecified atom stereocenters. The van der Waals surface area contributed by atoms with Crippen LogP contribution in [0.25, 0.3) is 0 Å². The van der Waals surface area contributed by atoms with Crippen LogP contribution >= 0.6 is 9.24 Å². The van der Waals surface area contributed by atoms with Gasteiger partial charge in [-0.15, -0.1) is 9.24 Å². The molecule has 7 heavy (non-hydrogen) atoms. The minimum Gasteiger partial charge on any atom is -0.356 e. The summed E-state index contributed by atoms with van der Waals surface area (Å²) >= 11 is 0. The second kappa shape index (κ2) is 4.07. The zero-order chi connectivity index (χ0) is 5.70. The van der Waals surface area contributed by atoms with Gasteiger partial charge < -0.3 is 5.32 Å². The number of amides is 1. The van der Waals surface area contributed by atoms with Gasteiger partial charge in [0, 0.05) is 6.04 Å². The summed E-state index contributed by atoms with van der Waals surface area (Å²) in [7, 11) is 2.55. The second-order valence-corrected chi connectivity index (χ2v) is 1.89. The Morgan fingerprint density at radius 2 is 2.57 bits per heavy atom. The standard InChI is InChI=1S/C4H10NOP/c1-4(2-7)5-3-6/h3-4H,2,7H2,1H3,(H,5,6)/t4-/m1/s1. The Kier molecular flexibility index (Phi) is 4.01. The highest BCUT2D eigenvalue weighted by molar-refractivity contribution is 7.16. The molecule has 1 N–H and O–H groups in total. The first-order chi connectivity index (χ1) is 3.31. The minimum atomic E-state index is 0.294. The highest BCUT2D eigenvalue weighted by Gasteiger charge is 1.89. The topological polar surface area (TPSA) is 29.1 Å². The van der Waals surface area contributed by atoms with E-state index in [1.807, 2.05) is 6.92 Å². The average Bonchev–Trinajstić information content (AvgIpc) is 1.68. The van der Waals surface area contributed by atoms with E-state index in [4.69, 9.17) is 0 Å². The van der Waals surface area contributed by atoms with Gasteiger partial charge in [0.05, 0.1) is 0 Å². The molecule has 0 aromatic heterocycles. The quantitative estimate of drug-likeness (QED) is 0.411. The van der Waals surface area contributed by atoms with Gasteiger partial charge in [-0.25, -0.2) is 0 Å². The molecule has 0 aliphatic rings. The van der Waals surface area contributed by atoms with Gasteiger partial charge in [0.2, 0.25) is 6.41 Å². The summed E-state index contributed by atoms with van der Waals surface area (Å²) in [5, 5.41) is 2.59. The van der Waals surface area contributed by atoms with Crippen molar-refractivity contribution in [3.05, 3.63) is 0 Å². The van der Waals surface area contributed by atoms with Crippen LogP contribution in [0.5, 0.6) is 0 Å². The molecule has 3 heteroatoms. The van der Waals surface area contributed by atoms with Gasteiger partial charge >= 0.3 is 0 Å². The third kappa shape index (κ3) is 3.74. The average molecular weight is 119 g/mol. The van der Waals surface area contributed by atoms with Crippen LogP contribution < -0.4 is 5.32 Å². The molecular weight excluding hydrogens is 109 g/mol. The predicted molar refractivity (Wildman–Crippen MR) is 33.2 cm³/mol. The number of carbonyl (C=O) groups excluding carboxylic acids is 1. The lowest BCUT2D eigenvalue weighted by Gasteiger charge is -2.02. The van der Waals surface area contributed by atoms with E-state index in [2.05, 4.69) is 14.6 Å². The summed E-state index contributed by atoms with van der Waals surface area (Å²) < 4.78 is 0. The molecule has 0 rings (SSSR count). The molecule has 0 heterocycles. The molecule has 0 bridgehead atoms. The van der Waals surface area contributed by atoms with Gasteiger partial charge in [-0.3, -0.25) is 4.79 Å². The molecule has 2 nitrogen and oxygen atoms in total. The molecule has 0 radical (unpaired) electrons. The third-order valence-corrected chi connectivity index (χ3v) is 1.41. The summed E-state index contributed by atoms with van der Waals surface area (Å²) in [4.78, 5) is 9.65. The molecule has 0 saturated carbocycles. The van der Waals surface area contributed by atoms with Crippen molar-refractivity contribution in [1.82, 2.24) is 5.32 Å². The Labute approximate surface area is 45.9 Å². The fourth-order valence-corrected chi connectivity index (χ4v) is 0.320. The van der Waals surface area contributed by atoms with Crippen LogP contribution in [0.4, 0.5) is 0 Å².